The minimum absolute atomic E-state index is 0.139. The fourth-order valence-corrected chi connectivity index (χ4v) is 2.28. The number of aromatic amines is 1. The van der Waals surface area contributed by atoms with Crippen LogP contribution >= 0.6 is 15.9 Å². The Morgan fingerprint density at radius 1 is 1.33 bits per heavy atom. The zero-order valence-corrected chi connectivity index (χ0v) is 13.5. The van der Waals surface area contributed by atoms with Crippen molar-refractivity contribution in [3.63, 3.8) is 0 Å². The van der Waals surface area contributed by atoms with Crippen LogP contribution in [-0.4, -0.2) is 29.5 Å². The van der Waals surface area contributed by atoms with Gasteiger partial charge in [-0.05, 0) is 32.0 Å². The Labute approximate surface area is 131 Å². The highest BCUT2D eigenvalue weighted by molar-refractivity contribution is 9.10. The smallest absolute Gasteiger partial charge is 0.307 e. The van der Waals surface area contributed by atoms with E-state index in [1.54, 1.807) is 19.9 Å². The van der Waals surface area contributed by atoms with E-state index in [9.17, 15) is 9.59 Å². The van der Waals surface area contributed by atoms with Crippen LogP contribution in [0.4, 0.5) is 0 Å². The third kappa shape index (κ3) is 4.32. The van der Waals surface area contributed by atoms with Gasteiger partial charge in [-0.2, -0.15) is 0 Å². The highest BCUT2D eigenvalue weighted by Gasteiger charge is 2.11. The number of esters is 1. The van der Waals surface area contributed by atoms with Crippen LogP contribution in [0.25, 0.3) is 10.9 Å². The van der Waals surface area contributed by atoms with Gasteiger partial charge in [0, 0.05) is 21.9 Å². The molecule has 2 rings (SSSR count). The van der Waals surface area contributed by atoms with Crippen molar-refractivity contribution in [3.8, 4) is 0 Å². The SMILES string of the molecule is CC(C)OC(=O)CCNC(=O)c1cc2ccc(Br)cc2[nH]1. The van der Waals surface area contributed by atoms with Crippen molar-refractivity contribution < 1.29 is 14.3 Å². The van der Waals surface area contributed by atoms with Crippen LogP contribution in [0.5, 0.6) is 0 Å². The predicted molar refractivity (Wildman–Crippen MR) is 84.2 cm³/mol. The van der Waals surface area contributed by atoms with Crippen molar-refractivity contribution in [1.29, 1.82) is 0 Å². The van der Waals surface area contributed by atoms with Gasteiger partial charge in [-0.25, -0.2) is 0 Å². The second kappa shape index (κ2) is 6.76. The molecule has 1 aromatic heterocycles. The van der Waals surface area contributed by atoms with Crippen LogP contribution in [-0.2, 0) is 9.53 Å². The number of carbonyl (C=O) groups is 2. The number of carbonyl (C=O) groups excluding carboxylic acids is 2. The summed E-state index contributed by atoms with van der Waals surface area (Å²) >= 11 is 3.38. The molecule has 21 heavy (non-hydrogen) atoms. The molecule has 6 heteroatoms. The van der Waals surface area contributed by atoms with Gasteiger partial charge in [0.25, 0.3) is 5.91 Å². The zero-order chi connectivity index (χ0) is 15.4. The van der Waals surface area contributed by atoms with E-state index in [1.165, 1.54) is 0 Å². The molecule has 0 fully saturated rings. The molecule has 1 heterocycles. The molecule has 0 atom stereocenters. The lowest BCUT2D eigenvalue weighted by molar-refractivity contribution is -0.147. The molecule has 0 unspecified atom stereocenters. The number of nitrogens with one attached hydrogen (secondary N) is 2. The van der Waals surface area contributed by atoms with Gasteiger partial charge < -0.3 is 15.0 Å². The standard InChI is InChI=1S/C15H17BrN2O3/c1-9(2)21-14(19)5-6-17-15(20)13-7-10-3-4-11(16)8-12(10)18-13/h3-4,7-9,18H,5-6H2,1-2H3,(H,17,20). The Balaban J connectivity index is 1.91. The molecule has 0 aliphatic carbocycles. The summed E-state index contributed by atoms with van der Waals surface area (Å²) in [6.45, 7) is 3.83. The fourth-order valence-electron chi connectivity index (χ4n) is 1.92. The highest BCUT2D eigenvalue weighted by atomic mass is 79.9. The van der Waals surface area contributed by atoms with E-state index in [4.69, 9.17) is 4.74 Å². The summed E-state index contributed by atoms with van der Waals surface area (Å²) in [7, 11) is 0. The topological polar surface area (TPSA) is 71.2 Å². The molecule has 0 radical (unpaired) electrons. The number of H-pyrrole nitrogens is 1. The van der Waals surface area contributed by atoms with Crippen molar-refractivity contribution in [2.75, 3.05) is 6.54 Å². The average molecular weight is 353 g/mol. The quantitative estimate of drug-likeness (QED) is 0.812. The van der Waals surface area contributed by atoms with Crippen molar-refractivity contribution in [2.24, 2.45) is 0 Å². The van der Waals surface area contributed by atoms with Crippen LogP contribution in [0.3, 0.4) is 0 Å². The summed E-state index contributed by atoms with van der Waals surface area (Å²) in [5.74, 6) is -0.550. The summed E-state index contributed by atoms with van der Waals surface area (Å²) < 4.78 is 5.94. The molecule has 0 spiro atoms. The summed E-state index contributed by atoms with van der Waals surface area (Å²) in [4.78, 5) is 26.4. The number of ether oxygens (including phenoxy) is 1. The predicted octanol–water partition coefficient (Wildman–Crippen LogP) is 3.00. The third-order valence-electron chi connectivity index (χ3n) is 2.81. The van der Waals surface area contributed by atoms with Gasteiger partial charge in [0.15, 0.2) is 0 Å². The van der Waals surface area contributed by atoms with E-state index in [-0.39, 0.29) is 30.9 Å². The van der Waals surface area contributed by atoms with E-state index in [0.717, 1.165) is 15.4 Å². The Morgan fingerprint density at radius 2 is 2.10 bits per heavy atom. The van der Waals surface area contributed by atoms with Gasteiger partial charge in [0.1, 0.15) is 5.69 Å². The van der Waals surface area contributed by atoms with E-state index < -0.39 is 0 Å². The third-order valence-corrected chi connectivity index (χ3v) is 3.30. The minimum atomic E-state index is -0.314. The normalized spacial score (nSPS) is 10.9. The highest BCUT2D eigenvalue weighted by Crippen LogP contribution is 2.20. The molecule has 112 valence electrons. The van der Waals surface area contributed by atoms with E-state index >= 15 is 0 Å². The average Bonchev–Trinajstić information content (AvgIpc) is 2.80. The van der Waals surface area contributed by atoms with Gasteiger partial charge in [-0.3, -0.25) is 9.59 Å². The first-order valence-corrected chi connectivity index (χ1v) is 7.51. The maximum Gasteiger partial charge on any atom is 0.307 e. The molecule has 2 aromatic rings. The first kappa shape index (κ1) is 15.6. The molecule has 0 aliphatic heterocycles. The summed E-state index contributed by atoms with van der Waals surface area (Å²) in [6, 6.07) is 7.53. The summed E-state index contributed by atoms with van der Waals surface area (Å²) in [5.41, 5.74) is 1.36. The Hall–Kier alpha value is -1.82. The number of hydrogen-bond donors (Lipinski definition) is 2. The van der Waals surface area contributed by atoms with Crippen LogP contribution < -0.4 is 5.32 Å². The molecule has 0 aliphatic rings. The molecule has 1 amide bonds. The van der Waals surface area contributed by atoms with Crippen LogP contribution in [0.2, 0.25) is 0 Å². The van der Waals surface area contributed by atoms with Crippen LogP contribution in [0.15, 0.2) is 28.7 Å². The van der Waals surface area contributed by atoms with Crippen molar-refractivity contribution in [2.45, 2.75) is 26.4 Å². The summed E-state index contributed by atoms with van der Waals surface area (Å²) in [5, 5.41) is 3.66. The van der Waals surface area contributed by atoms with Crippen LogP contribution in [0.1, 0.15) is 30.8 Å². The van der Waals surface area contributed by atoms with Gasteiger partial charge in [-0.15, -0.1) is 0 Å². The Kier molecular flexibility index (Phi) is 5.01. The first-order valence-electron chi connectivity index (χ1n) is 6.71. The largest absolute Gasteiger partial charge is 0.463 e. The van der Waals surface area contributed by atoms with E-state index in [0.29, 0.717) is 5.69 Å². The van der Waals surface area contributed by atoms with Gasteiger partial charge in [0.2, 0.25) is 0 Å². The molecule has 0 saturated heterocycles. The number of benzene rings is 1. The molecule has 0 bridgehead atoms. The molecular formula is C15H17BrN2O3. The molecule has 5 nitrogen and oxygen atoms in total. The van der Waals surface area contributed by atoms with Crippen molar-refractivity contribution >= 4 is 38.7 Å². The molecular weight excluding hydrogens is 336 g/mol. The number of hydrogen-bond acceptors (Lipinski definition) is 3. The van der Waals surface area contributed by atoms with Gasteiger partial charge in [0.05, 0.1) is 12.5 Å². The fraction of sp³-hybridized carbons (Fsp3) is 0.333. The lowest BCUT2D eigenvalue weighted by Gasteiger charge is -2.08. The Morgan fingerprint density at radius 3 is 2.81 bits per heavy atom. The zero-order valence-electron chi connectivity index (χ0n) is 11.9. The second-order valence-corrected chi connectivity index (χ2v) is 5.87. The van der Waals surface area contributed by atoms with Gasteiger partial charge >= 0.3 is 5.97 Å². The lowest BCUT2D eigenvalue weighted by Crippen LogP contribution is -2.27. The van der Waals surface area contributed by atoms with Crippen molar-refractivity contribution in [3.05, 3.63) is 34.4 Å². The second-order valence-electron chi connectivity index (χ2n) is 4.96. The number of rotatable bonds is 5. The van der Waals surface area contributed by atoms with E-state index in [1.807, 2.05) is 18.2 Å². The lowest BCUT2D eigenvalue weighted by atomic mass is 10.2. The van der Waals surface area contributed by atoms with E-state index in [2.05, 4.69) is 26.2 Å². The maximum atomic E-state index is 12.0. The summed E-state index contributed by atoms with van der Waals surface area (Å²) in [6.07, 6.45) is 0.0238. The number of fused-ring (bicyclic) bond motifs is 1. The number of amides is 1. The van der Waals surface area contributed by atoms with Crippen LogP contribution in [0, 0.1) is 0 Å². The van der Waals surface area contributed by atoms with Gasteiger partial charge in [-0.1, -0.05) is 22.0 Å². The molecule has 1 aromatic carbocycles. The monoisotopic (exact) mass is 352 g/mol. The first-order chi connectivity index (χ1) is 9.95. The molecule has 0 saturated carbocycles. The van der Waals surface area contributed by atoms with Crippen molar-refractivity contribution in [1.82, 2.24) is 10.3 Å². The number of aromatic nitrogens is 1. The minimum Gasteiger partial charge on any atom is -0.463 e. The number of halogens is 1. The molecule has 2 N–H and O–H groups in total. The maximum absolute atomic E-state index is 12.0. The Bertz CT molecular complexity index is 664.